The second kappa shape index (κ2) is 9.49. The molecule has 1 atom stereocenters. The van der Waals surface area contributed by atoms with Crippen LogP contribution < -0.4 is 5.32 Å². The van der Waals surface area contributed by atoms with Gasteiger partial charge in [-0.2, -0.15) is 0 Å². The first-order chi connectivity index (χ1) is 15.0. The standard InChI is InChI=1S/C28H32N2O/c1-4-27(25-12-9-20(2)21(3)17-25)29-28(31)24-13-10-22(11-14-24)18-30-16-15-23-7-5-6-8-26(23)19-30/h5-14,17,27H,4,15-16,18-19H2,1-3H3,(H,29,31). The minimum atomic E-state index is -0.0106. The highest BCUT2D eigenvalue weighted by Crippen LogP contribution is 2.22. The van der Waals surface area contributed by atoms with E-state index in [0.717, 1.165) is 38.0 Å². The van der Waals surface area contributed by atoms with E-state index < -0.39 is 0 Å². The van der Waals surface area contributed by atoms with Crippen LogP contribution in [0.3, 0.4) is 0 Å². The predicted molar refractivity (Wildman–Crippen MR) is 127 cm³/mol. The molecule has 0 radical (unpaired) electrons. The summed E-state index contributed by atoms with van der Waals surface area (Å²) >= 11 is 0. The number of fused-ring (bicyclic) bond motifs is 1. The Morgan fingerprint density at radius 1 is 0.968 bits per heavy atom. The van der Waals surface area contributed by atoms with Crippen molar-refractivity contribution < 1.29 is 4.79 Å². The second-order valence-electron chi connectivity index (χ2n) is 8.70. The fourth-order valence-corrected chi connectivity index (χ4v) is 4.35. The Kier molecular flexibility index (Phi) is 6.53. The summed E-state index contributed by atoms with van der Waals surface area (Å²) in [5, 5.41) is 3.21. The highest BCUT2D eigenvalue weighted by Gasteiger charge is 2.17. The summed E-state index contributed by atoms with van der Waals surface area (Å²) in [4.78, 5) is 15.3. The van der Waals surface area contributed by atoms with Gasteiger partial charge >= 0.3 is 0 Å². The van der Waals surface area contributed by atoms with E-state index in [9.17, 15) is 4.79 Å². The maximum absolute atomic E-state index is 12.9. The van der Waals surface area contributed by atoms with Crippen molar-refractivity contribution in [1.82, 2.24) is 10.2 Å². The molecule has 31 heavy (non-hydrogen) atoms. The van der Waals surface area contributed by atoms with Gasteiger partial charge in [0.1, 0.15) is 0 Å². The summed E-state index contributed by atoms with van der Waals surface area (Å²) in [5.41, 5.74) is 8.57. The number of benzene rings is 3. The first kappa shape index (κ1) is 21.3. The number of nitrogens with one attached hydrogen (secondary N) is 1. The van der Waals surface area contributed by atoms with Gasteiger partial charge in [-0.05, 0) is 72.2 Å². The van der Waals surface area contributed by atoms with Crippen molar-refractivity contribution in [2.75, 3.05) is 6.54 Å². The lowest BCUT2D eigenvalue weighted by Gasteiger charge is -2.28. The van der Waals surface area contributed by atoms with Crippen LogP contribution in [0.15, 0.2) is 66.7 Å². The Hall–Kier alpha value is -2.91. The summed E-state index contributed by atoms with van der Waals surface area (Å²) in [6.45, 7) is 9.33. The number of hydrogen-bond donors (Lipinski definition) is 1. The van der Waals surface area contributed by atoms with Crippen molar-refractivity contribution in [2.24, 2.45) is 0 Å². The van der Waals surface area contributed by atoms with Gasteiger partial charge in [0.15, 0.2) is 0 Å². The minimum absolute atomic E-state index is 0.0106. The van der Waals surface area contributed by atoms with Crippen LogP contribution in [0.25, 0.3) is 0 Å². The molecule has 0 aromatic heterocycles. The highest BCUT2D eigenvalue weighted by atomic mass is 16.1. The molecule has 1 aliphatic heterocycles. The molecule has 3 aromatic carbocycles. The van der Waals surface area contributed by atoms with Gasteiger partial charge in [0.2, 0.25) is 0 Å². The lowest BCUT2D eigenvalue weighted by molar-refractivity contribution is 0.0935. The Bertz CT molecular complexity index is 1050. The van der Waals surface area contributed by atoms with Crippen LogP contribution in [0.2, 0.25) is 0 Å². The quantitative estimate of drug-likeness (QED) is 0.560. The molecule has 0 spiro atoms. The monoisotopic (exact) mass is 412 g/mol. The maximum atomic E-state index is 12.9. The Labute approximate surface area is 186 Å². The Morgan fingerprint density at radius 3 is 2.42 bits per heavy atom. The number of carbonyl (C=O) groups is 1. The topological polar surface area (TPSA) is 32.3 Å². The number of nitrogens with zero attached hydrogens (tertiary/aromatic N) is 1. The first-order valence-corrected chi connectivity index (χ1v) is 11.3. The number of aryl methyl sites for hydroxylation is 2. The molecule has 1 unspecified atom stereocenters. The molecular weight excluding hydrogens is 380 g/mol. The first-order valence-electron chi connectivity index (χ1n) is 11.3. The van der Waals surface area contributed by atoms with Gasteiger partial charge in [0, 0.05) is 25.2 Å². The fourth-order valence-electron chi connectivity index (χ4n) is 4.35. The Morgan fingerprint density at radius 2 is 1.71 bits per heavy atom. The van der Waals surface area contributed by atoms with E-state index >= 15 is 0 Å². The van der Waals surface area contributed by atoms with Crippen molar-refractivity contribution in [1.29, 1.82) is 0 Å². The third-order valence-corrected chi connectivity index (χ3v) is 6.48. The van der Waals surface area contributed by atoms with Crippen molar-refractivity contribution >= 4 is 5.91 Å². The van der Waals surface area contributed by atoms with Gasteiger partial charge < -0.3 is 5.32 Å². The number of amides is 1. The van der Waals surface area contributed by atoms with Gasteiger partial charge in [-0.25, -0.2) is 0 Å². The van der Waals surface area contributed by atoms with Crippen molar-refractivity contribution in [2.45, 2.75) is 52.7 Å². The molecule has 1 amide bonds. The summed E-state index contributed by atoms with van der Waals surface area (Å²) in [6, 6.07) is 23.3. The maximum Gasteiger partial charge on any atom is 0.251 e. The number of carbonyl (C=O) groups excluding carboxylic acids is 1. The molecule has 3 aromatic rings. The number of rotatable bonds is 6. The molecule has 4 rings (SSSR count). The van der Waals surface area contributed by atoms with E-state index in [1.165, 1.54) is 33.4 Å². The average Bonchev–Trinajstić information content (AvgIpc) is 2.79. The molecule has 0 saturated heterocycles. The van der Waals surface area contributed by atoms with Gasteiger partial charge in [-0.15, -0.1) is 0 Å². The molecule has 0 bridgehead atoms. The van der Waals surface area contributed by atoms with E-state index in [4.69, 9.17) is 0 Å². The average molecular weight is 413 g/mol. The normalized spacial score (nSPS) is 14.7. The zero-order chi connectivity index (χ0) is 21.8. The fraction of sp³-hybridized carbons (Fsp3) is 0.321. The van der Waals surface area contributed by atoms with E-state index in [-0.39, 0.29) is 11.9 Å². The summed E-state index contributed by atoms with van der Waals surface area (Å²) in [5.74, 6) is -0.0106. The van der Waals surface area contributed by atoms with Crippen LogP contribution in [-0.4, -0.2) is 17.4 Å². The highest BCUT2D eigenvalue weighted by molar-refractivity contribution is 5.94. The minimum Gasteiger partial charge on any atom is -0.345 e. The molecular formula is C28H32N2O. The molecule has 160 valence electrons. The molecule has 3 nitrogen and oxygen atoms in total. The van der Waals surface area contributed by atoms with Gasteiger partial charge in [0.05, 0.1) is 6.04 Å². The van der Waals surface area contributed by atoms with Crippen molar-refractivity contribution in [3.63, 3.8) is 0 Å². The molecule has 1 aliphatic rings. The van der Waals surface area contributed by atoms with E-state index in [0.29, 0.717) is 0 Å². The SMILES string of the molecule is CCC(NC(=O)c1ccc(CN2CCc3ccccc3C2)cc1)c1ccc(C)c(C)c1. The molecule has 0 fully saturated rings. The smallest absolute Gasteiger partial charge is 0.251 e. The zero-order valence-corrected chi connectivity index (χ0v) is 18.8. The van der Waals surface area contributed by atoms with Crippen LogP contribution >= 0.6 is 0 Å². The molecule has 0 aliphatic carbocycles. The molecule has 3 heteroatoms. The third-order valence-electron chi connectivity index (χ3n) is 6.48. The summed E-state index contributed by atoms with van der Waals surface area (Å²) in [7, 11) is 0. The zero-order valence-electron chi connectivity index (χ0n) is 18.8. The molecule has 0 saturated carbocycles. The van der Waals surface area contributed by atoms with Crippen molar-refractivity contribution in [3.8, 4) is 0 Å². The number of hydrogen-bond acceptors (Lipinski definition) is 2. The predicted octanol–water partition coefficient (Wildman–Crippen LogP) is 5.74. The van der Waals surface area contributed by atoms with Crippen molar-refractivity contribution in [3.05, 3.63) is 106 Å². The van der Waals surface area contributed by atoms with Gasteiger partial charge in [0.25, 0.3) is 5.91 Å². The Balaban J connectivity index is 1.38. The third kappa shape index (κ3) is 5.05. The molecule has 1 N–H and O–H groups in total. The van der Waals surface area contributed by atoms with Crippen LogP contribution in [0, 0.1) is 13.8 Å². The van der Waals surface area contributed by atoms with Gasteiger partial charge in [-0.3, -0.25) is 9.69 Å². The van der Waals surface area contributed by atoms with Crippen LogP contribution in [0.5, 0.6) is 0 Å². The van der Waals surface area contributed by atoms with Crippen LogP contribution in [-0.2, 0) is 19.5 Å². The van der Waals surface area contributed by atoms with E-state index in [2.05, 4.69) is 85.6 Å². The summed E-state index contributed by atoms with van der Waals surface area (Å²) in [6.07, 6.45) is 1.97. The van der Waals surface area contributed by atoms with E-state index in [1.54, 1.807) is 0 Å². The lowest BCUT2D eigenvalue weighted by atomic mass is 9.98. The van der Waals surface area contributed by atoms with Gasteiger partial charge in [-0.1, -0.05) is 61.5 Å². The van der Waals surface area contributed by atoms with Crippen LogP contribution in [0.4, 0.5) is 0 Å². The van der Waals surface area contributed by atoms with E-state index in [1.807, 2.05) is 12.1 Å². The lowest BCUT2D eigenvalue weighted by Crippen LogP contribution is -2.30. The second-order valence-corrected chi connectivity index (χ2v) is 8.70. The summed E-state index contributed by atoms with van der Waals surface area (Å²) < 4.78 is 0. The largest absolute Gasteiger partial charge is 0.345 e. The van der Waals surface area contributed by atoms with Crippen LogP contribution in [0.1, 0.15) is 63.1 Å². The molecule has 1 heterocycles.